The van der Waals surface area contributed by atoms with E-state index in [-0.39, 0.29) is 16.1 Å². The summed E-state index contributed by atoms with van der Waals surface area (Å²) in [4.78, 5) is 11.1. The van der Waals surface area contributed by atoms with Gasteiger partial charge in [0, 0.05) is 5.41 Å². The minimum atomic E-state index is -0.530. The fourth-order valence-corrected chi connectivity index (χ4v) is 0.959. The molecular weight excluding hydrogens is 164 g/mol. The lowest BCUT2D eigenvalue weighted by Gasteiger charge is -2.16. The Balaban J connectivity index is 4.73. The maximum atomic E-state index is 10.9. The van der Waals surface area contributed by atoms with E-state index in [0.717, 1.165) is 0 Å². The Labute approximate surface area is 69.8 Å². The van der Waals surface area contributed by atoms with Crippen LogP contribution in [0.1, 0.15) is 20.8 Å². The van der Waals surface area contributed by atoms with E-state index in [0.29, 0.717) is 0 Å². The van der Waals surface area contributed by atoms with E-state index in [1.165, 1.54) is 7.11 Å². The van der Waals surface area contributed by atoms with Gasteiger partial charge >= 0.3 is 5.97 Å². The van der Waals surface area contributed by atoms with Crippen LogP contribution in [0.2, 0.25) is 0 Å². The molecule has 0 amide bonds. The molecule has 0 radical (unpaired) electrons. The highest BCUT2D eigenvalue weighted by molar-refractivity contribution is 7.68. The molecule has 4 heteroatoms. The van der Waals surface area contributed by atoms with E-state index in [1.54, 1.807) is 20.8 Å². The first-order valence-electron chi connectivity index (χ1n) is 3.19. The first-order valence-corrected chi connectivity index (χ1v) is 3.93. The van der Waals surface area contributed by atoms with Crippen molar-refractivity contribution >= 4 is 22.1 Å². The third kappa shape index (κ3) is 2.84. The Kier molecular flexibility index (Phi) is 3.45. The summed E-state index contributed by atoms with van der Waals surface area (Å²) in [6.45, 7) is 5.39. The number of rotatable bonds is 1. The molecule has 0 fully saturated rings. The molecule has 0 aliphatic carbocycles. The van der Waals surface area contributed by atoms with Gasteiger partial charge in [-0.05, 0) is 0 Å². The summed E-state index contributed by atoms with van der Waals surface area (Å²) in [5.74, 6) is -0.530. The minimum Gasteiger partial charge on any atom is -0.465 e. The van der Waals surface area contributed by atoms with E-state index in [9.17, 15) is 9.00 Å². The zero-order valence-corrected chi connectivity index (χ0v) is 7.95. The van der Waals surface area contributed by atoms with Crippen LogP contribution in [-0.2, 0) is 20.8 Å². The molecule has 0 atom stereocenters. The van der Waals surface area contributed by atoms with Crippen LogP contribution in [0.5, 0.6) is 0 Å². The number of carbonyl (C=O) groups excluding carboxylic acids is 1. The van der Waals surface area contributed by atoms with Gasteiger partial charge in [-0.3, -0.25) is 0 Å². The lowest BCUT2D eigenvalue weighted by molar-refractivity contribution is -0.132. The molecule has 0 aliphatic rings. The quantitative estimate of drug-likeness (QED) is 0.434. The molecule has 0 aromatic heterocycles. The van der Waals surface area contributed by atoms with Gasteiger partial charge in [-0.25, -0.2) is 9.00 Å². The second kappa shape index (κ2) is 3.67. The summed E-state index contributed by atoms with van der Waals surface area (Å²) in [6.07, 6.45) is 0. The van der Waals surface area contributed by atoms with E-state index < -0.39 is 11.4 Å². The third-order valence-electron chi connectivity index (χ3n) is 1.14. The van der Waals surface area contributed by atoms with E-state index in [1.807, 2.05) is 0 Å². The van der Waals surface area contributed by atoms with Crippen LogP contribution >= 0.6 is 0 Å². The topological polar surface area (TPSA) is 43.4 Å². The average molecular weight is 176 g/mol. The molecule has 0 rings (SSSR count). The van der Waals surface area contributed by atoms with Crippen LogP contribution in [0.4, 0.5) is 0 Å². The summed E-state index contributed by atoms with van der Waals surface area (Å²) in [5, 5.41) is 0. The normalized spacial score (nSPS) is 10.5. The van der Waals surface area contributed by atoms with Crippen LogP contribution in [-0.4, -0.2) is 22.2 Å². The fourth-order valence-electron chi connectivity index (χ4n) is 0.558. The molecule has 0 aliphatic heterocycles. The lowest BCUT2D eigenvalue weighted by Crippen LogP contribution is -2.29. The molecule has 0 aromatic rings. The van der Waals surface area contributed by atoms with Crippen molar-refractivity contribution in [2.24, 2.45) is 5.41 Å². The second-order valence-corrected chi connectivity index (χ2v) is 3.73. The molecule has 0 saturated carbocycles. The van der Waals surface area contributed by atoms with Gasteiger partial charge in [0.05, 0.1) is 7.11 Å². The molecule has 0 N–H and O–H groups in total. The second-order valence-electron chi connectivity index (χ2n) is 3.15. The third-order valence-corrected chi connectivity index (χ3v) is 2.08. The Hall–Kier alpha value is -0.640. The van der Waals surface area contributed by atoms with Gasteiger partial charge in [-0.1, -0.05) is 20.8 Å². The number of methoxy groups -OCH3 is 1. The van der Waals surface area contributed by atoms with Gasteiger partial charge in [0.1, 0.15) is 16.1 Å². The van der Waals surface area contributed by atoms with Crippen molar-refractivity contribution in [2.75, 3.05) is 7.11 Å². The highest BCUT2D eigenvalue weighted by atomic mass is 32.1. The molecular formula is C7H12O3S. The maximum absolute atomic E-state index is 10.9. The van der Waals surface area contributed by atoms with Gasteiger partial charge in [0.2, 0.25) is 0 Å². The average Bonchev–Trinajstić information content (AvgIpc) is 1.86. The molecule has 11 heavy (non-hydrogen) atoms. The van der Waals surface area contributed by atoms with Crippen LogP contribution in [0.3, 0.4) is 0 Å². The zero-order valence-electron chi connectivity index (χ0n) is 7.13. The monoisotopic (exact) mass is 176 g/mol. The van der Waals surface area contributed by atoms with Crippen molar-refractivity contribution in [3.8, 4) is 0 Å². The highest BCUT2D eigenvalue weighted by Gasteiger charge is 2.25. The number of esters is 1. The van der Waals surface area contributed by atoms with Crippen LogP contribution in [0.25, 0.3) is 0 Å². The van der Waals surface area contributed by atoms with Gasteiger partial charge in [-0.2, -0.15) is 0 Å². The number of carbonyl (C=O) groups is 1. The summed E-state index contributed by atoms with van der Waals surface area (Å²) in [5.41, 5.74) is -0.417. The van der Waals surface area contributed by atoms with E-state index in [2.05, 4.69) is 4.74 Å². The van der Waals surface area contributed by atoms with Crippen molar-refractivity contribution in [1.29, 1.82) is 0 Å². The highest BCUT2D eigenvalue weighted by Crippen LogP contribution is 2.15. The SMILES string of the molecule is COC(=O)C(=S=O)C(C)(C)C. The first kappa shape index (κ1) is 10.4. The smallest absolute Gasteiger partial charge is 0.347 e. The number of hydrogen-bond donors (Lipinski definition) is 0. The van der Waals surface area contributed by atoms with Crippen molar-refractivity contribution in [1.82, 2.24) is 0 Å². The van der Waals surface area contributed by atoms with Gasteiger partial charge in [0.25, 0.3) is 0 Å². The zero-order chi connectivity index (χ0) is 9.07. The Morgan fingerprint density at radius 2 is 1.82 bits per heavy atom. The predicted molar refractivity (Wildman–Crippen MR) is 44.6 cm³/mol. The van der Waals surface area contributed by atoms with Crippen LogP contribution in [0.15, 0.2) is 0 Å². The van der Waals surface area contributed by atoms with Gasteiger partial charge < -0.3 is 4.74 Å². The minimum absolute atomic E-state index is 0.202. The first-order chi connectivity index (χ1) is 4.93. The van der Waals surface area contributed by atoms with Crippen molar-refractivity contribution in [2.45, 2.75) is 20.8 Å². The molecule has 64 valence electrons. The molecule has 0 aromatic carbocycles. The lowest BCUT2D eigenvalue weighted by atomic mass is 9.92. The fraction of sp³-hybridized carbons (Fsp3) is 0.714. The van der Waals surface area contributed by atoms with Crippen molar-refractivity contribution in [3.05, 3.63) is 0 Å². The molecule has 0 saturated heterocycles. The van der Waals surface area contributed by atoms with Crippen molar-refractivity contribution in [3.63, 3.8) is 0 Å². The molecule has 0 spiro atoms. The summed E-state index contributed by atoms with van der Waals surface area (Å²) in [6, 6.07) is 0. The van der Waals surface area contributed by atoms with E-state index >= 15 is 0 Å². The number of hydrogen-bond acceptors (Lipinski definition) is 3. The molecule has 0 unspecified atom stereocenters. The maximum Gasteiger partial charge on any atom is 0.347 e. The summed E-state index contributed by atoms with van der Waals surface area (Å²) < 4.78 is 14.9. The Bertz CT molecular complexity index is 208. The van der Waals surface area contributed by atoms with Gasteiger partial charge in [0.15, 0.2) is 0 Å². The summed E-state index contributed by atoms with van der Waals surface area (Å²) >= 11 is 0.202. The number of ether oxygens (including phenoxy) is 1. The van der Waals surface area contributed by atoms with Crippen molar-refractivity contribution < 1.29 is 13.7 Å². The molecule has 3 nitrogen and oxygen atoms in total. The van der Waals surface area contributed by atoms with Crippen LogP contribution < -0.4 is 0 Å². The summed E-state index contributed by atoms with van der Waals surface area (Å²) in [7, 11) is 1.27. The molecule has 0 bridgehead atoms. The Morgan fingerprint density at radius 3 is 1.91 bits per heavy atom. The van der Waals surface area contributed by atoms with E-state index in [4.69, 9.17) is 0 Å². The van der Waals surface area contributed by atoms with Crippen LogP contribution in [0, 0.1) is 5.41 Å². The molecule has 0 heterocycles. The largest absolute Gasteiger partial charge is 0.465 e. The Morgan fingerprint density at radius 1 is 1.36 bits per heavy atom. The van der Waals surface area contributed by atoms with Gasteiger partial charge in [-0.15, -0.1) is 0 Å². The standard InChI is InChI=1S/C7H12O3S/c1-7(2,3)5(11-9)6(8)10-4/h1-4H3. The predicted octanol–water partition coefficient (Wildman–Crippen LogP) is 0.591.